The Bertz CT molecular complexity index is 1230. The molecule has 0 unspecified atom stereocenters. The fourth-order valence-corrected chi connectivity index (χ4v) is 5.32. The van der Waals surface area contributed by atoms with Gasteiger partial charge in [-0.05, 0) is 42.7 Å². The van der Waals surface area contributed by atoms with Gasteiger partial charge in [-0.25, -0.2) is 4.98 Å². The summed E-state index contributed by atoms with van der Waals surface area (Å²) in [5, 5.41) is 5.99. The van der Waals surface area contributed by atoms with E-state index < -0.39 is 0 Å². The first-order valence-corrected chi connectivity index (χ1v) is 12.6. The standard InChI is InChI=1S/C26H25N3O2S2/c1-18(20-10-6-3-7-11-20)27-25(31)17-32-26-29-22-14-13-21(16-23(22)33-26)28-24(30)15-12-19-8-4-2-5-9-19/h2-11,13-14,16,18H,12,15,17H2,1H3,(H,27,31)(H,28,30)/t18-/m1/s1. The summed E-state index contributed by atoms with van der Waals surface area (Å²) < 4.78 is 1.82. The predicted molar refractivity (Wildman–Crippen MR) is 137 cm³/mol. The number of thiazole rings is 1. The van der Waals surface area contributed by atoms with Crippen molar-refractivity contribution in [2.24, 2.45) is 0 Å². The second kappa shape index (κ2) is 11.1. The third-order valence-electron chi connectivity index (χ3n) is 5.14. The van der Waals surface area contributed by atoms with Crippen LogP contribution < -0.4 is 10.6 Å². The van der Waals surface area contributed by atoms with Crippen LogP contribution in [0.2, 0.25) is 0 Å². The number of benzene rings is 3. The number of nitrogens with zero attached hydrogens (tertiary/aromatic N) is 1. The number of carbonyl (C=O) groups excluding carboxylic acids is 2. The van der Waals surface area contributed by atoms with E-state index in [4.69, 9.17) is 0 Å². The van der Waals surface area contributed by atoms with Gasteiger partial charge in [-0.15, -0.1) is 11.3 Å². The zero-order chi connectivity index (χ0) is 23.0. The molecule has 0 spiro atoms. The number of fused-ring (bicyclic) bond motifs is 1. The van der Waals surface area contributed by atoms with E-state index in [2.05, 4.69) is 15.6 Å². The minimum Gasteiger partial charge on any atom is -0.349 e. The Morgan fingerprint density at radius 1 is 0.970 bits per heavy atom. The lowest BCUT2D eigenvalue weighted by molar-refractivity contribution is -0.119. The molecule has 168 valence electrons. The summed E-state index contributed by atoms with van der Waals surface area (Å²) in [5.74, 6) is 0.267. The number of hydrogen-bond donors (Lipinski definition) is 2. The first-order valence-electron chi connectivity index (χ1n) is 10.8. The first kappa shape index (κ1) is 23.0. The van der Waals surface area contributed by atoms with Gasteiger partial charge in [-0.1, -0.05) is 72.4 Å². The topological polar surface area (TPSA) is 71.1 Å². The van der Waals surface area contributed by atoms with Crippen LogP contribution in [0.4, 0.5) is 5.69 Å². The molecule has 0 bridgehead atoms. The summed E-state index contributed by atoms with van der Waals surface area (Å²) >= 11 is 2.95. The number of thioether (sulfide) groups is 1. The molecule has 2 amide bonds. The number of hydrogen-bond acceptors (Lipinski definition) is 5. The highest BCUT2D eigenvalue weighted by Crippen LogP contribution is 2.31. The molecule has 3 aromatic carbocycles. The summed E-state index contributed by atoms with van der Waals surface area (Å²) in [7, 11) is 0. The van der Waals surface area contributed by atoms with Gasteiger partial charge >= 0.3 is 0 Å². The molecule has 1 heterocycles. The molecule has 0 saturated heterocycles. The number of nitrogens with one attached hydrogen (secondary N) is 2. The Labute approximate surface area is 201 Å². The molecule has 0 aliphatic rings. The van der Waals surface area contributed by atoms with E-state index in [0.717, 1.165) is 31.4 Å². The molecular formula is C26H25N3O2S2. The maximum absolute atomic E-state index is 12.4. The molecule has 0 saturated carbocycles. The third-order valence-corrected chi connectivity index (χ3v) is 7.30. The molecule has 0 aliphatic carbocycles. The minimum atomic E-state index is -0.0391. The van der Waals surface area contributed by atoms with Crippen molar-refractivity contribution in [3.8, 4) is 0 Å². The second-order valence-corrected chi connectivity index (χ2v) is 9.94. The largest absolute Gasteiger partial charge is 0.349 e. The third kappa shape index (κ3) is 6.66. The number of carbonyl (C=O) groups is 2. The zero-order valence-corrected chi connectivity index (χ0v) is 19.9. The van der Waals surface area contributed by atoms with Gasteiger partial charge in [0.25, 0.3) is 0 Å². The Morgan fingerprint density at radius 3 is 2.45 bits per heavy atom. The average Bonchev–Trinajstić information content (AvgIpc) is 3.25. The Morgan fingerprint density at radius 2 is 1.70 bits per heavy atom. The number of amides is 2. The SMILES string of the molecule is C[C@@H](NC(=O)CSc1nc2ccc(NC(=O)CCc3ccccc3)cc2s1)c1ccccc1. The number of aromatic nitrogens is 1. The lowest BCUT2D eigenvalue weighted by Crippen LogP contribution is -2.28. The quantitative estimate of drug-likeness (QED) is 0.299. The summed E-state index contributed by atoms with van der Waals surface area (Å²) in [6, 6.07) is 25.6. The van der Waals surface area contributed by atoms with E-state index in [1.165, 1.54) is 23.1 Å². The van der Waals surface area contributed by atoms with Gasteiger partial charge < -0.3 is 10.6 Å². The molecule has 0 radical (unpaired) electrons. The van der Waals surface area contributed by atoms with Crippen molar-refractivity contribution in [2.75, 3.05) is 11.1 Å². The molecule has 33 heavy (non-hydrogen) atoms. The van der Waals surface area contributed by atoms with Crippen LogP contribution in [0, 0.1) is 0 Å². The fourth-order valence-electron chi connectivity index (χ4n) is 3.40. The van der Waals surface area contributed by atoms with E-state index >= 15 is 0 Å². The summed E-state index contributed by atoms with van der Waals surface area (Å²) in [4.78, 5) is 29.3. The van der Waals surface area contributed by atoms with Crippen LogP contribution in [0.1, 0.15) is 30.5 Å². The second-order valence-electron chi connectivity index (χ2n) is 7.68. The van der Waals surface area contributed by atoms with E-state index in [9.17, 15) is 9.59 Å². The van der Waals surface area contributed by atoms with Crippen molar-refractivity contribution in [1.82, 2.24) is 10.3 Å². The highest BCUT2D eigenvalue weighted by molar-refractivity contribution is 8.01. The zero-order valence-electron chi connectivity index (χ0n) is 18.3. The van der Waals surface area contributed by atoms with Gasteiger partial charge in [-0.2, -0.15) is 0 Å². The molecule has 1 atom stereocenters. The maximum atomic E-state index is 12.4. The molecule has 4 aromatic rings. The summed E-state index contributed by atoms with van der Waals surface area (Å²) in [6.07, 6.45) is 1.14. The monoisotopic (exact) mass is 475 g/mol. The fraction of sp³-hybridized carbons (Fsp3) is 0.192. The molecule has 5 nitrogen and oxygen atoms in total. The van der Waals surface area contributed by atoms with Crippen molar-refractivity contribution in [3.05, 3.63) is 90.0 Å². The predicted octanol–water partition coefficient (Wildman–Crippen LogP) is 5.84. The van der Waals surface area contributed by atoms with Crippen molar-refractivity contribution >= 4 is 50.8 Å². The van der Waals surface area contributed by atoms with Crippen molar-refractivity contribution < 1.29 is 9.59 Å². The summed E-state index contributed by atoms with van der Waals surface area (Å²) in [6.45, 7) is 1.98. The molecule has 7 heteroatoms. The van der Waals surface area contributed by atoms with Gasteiger partial charge in [0.1, 0.15) is 0 Å². The summed E-state index contributed by atoms with van der Waals surface area (Å²) in [5.41, 5.74) is 3.85. The van der Waals surface area contributed by atoms with Gasteiger partial charge in [0.05, 0.1) is 22.0 Å². The van der Waals surface area contributed by atoms with Crippen LogP contribution in [0.3, 0.4) is 0 Å². The first-order chi connectivity index (χ1) is 16.1. The van der Waals surface area contributed by atoms with Crippen LogP contribution in [-0.2, 0) is 16.0 Å². The Kier molecular flexibility index (Phi) is 7.75. The van der Waals surface area contributed by atoms with Gasteiger partial charge in [-0.3, -0.25) is 9.59 Å². The van der Waals surface area contributed by atoms with E-state index in [1.807, 2.05) is 85.8 Å². The van der Waals surface area contributed by atoms with Crippen LogP contribution in [0.5, 0.6) is 0 Å². The minimum absolute atomic E-state index is 0.0125. The Hall–Kier alpha value is -3.16. The van der Waals surface area contributed by atoms with E-state index in [0.29, 0.717) is 18.6 Å². The normalized spacial score (nSPS) is 11.8. The van der Waals surface area contributed by atoms with Crippen molar-refractivity contribution in [2.45, 2.75) is 30.1 Å². The maximum Gasteiger partial charge on any atom is 0.230 e. The van der Waals surface area contributed by atoms with Crippen molar-refractivity contribution in [3.63, 3.8) is 0 Å². The van der Waals surface area contributed by atoms with E-state index in [-0.39, 0.29) is 17.9 Å². The average molecular weight is 476 g/mol. The smallest absolute Gasteiger partial charge is 0.230 e. The highest BCUT2D eigenvalue weighted by Gasteiger charge is 2.12. The van der Waals surface area contributed by atoms with Gasteiger partial charge in [0.2, 0.25) is 11.8 Å². The molecule has 0 aliphatic heterocycles. The number of aryl methyl sites for hydroxylation is 1. The number of rotatable bonds is 9. The molecule has 0 fully saturated rings. The molecular weight excluding hydrogens is 450 g/mol. The van der Waals surface area contributed by atoms with Crippen molar-refractivity contribution in [1.29, 1.82) is 0 Å². The number of anilines is 1. The van der Waals surface area contributed by atoms with Gasteiger partial charge in [0, 0.05) is 12.1 Å². The highest BCUT2D eigenvalue weighted by atomic mass is 32.2. The van der Waals surface area contributed by atoms with Crippen LogP contribution in [-0.4, -0.2) is 22.6 Å². The molecule has 2 N–H and O–H groups in total. The lowest BCUT2D eigenvalue weighted by Gasteiger charge is -2.13. The van der Waals surface area contributed by atoms with E-state index in [1.54, 1.807) is 0 Å². The molecule has 4 rings (SSSR count). The van der Waals surface area contributed by atoms with Crippen LogP contribution in [0.15, 0.2) is 83.2 Å². The van der Waals surface area contributed by atoms with Crippen LogP contribution in [0.25, 0.3) is 10.2 Å². The molecule has 1 aromatic heterocycles. The Balaban J connectivity index is 1.29. The lowest BCUT2D eigenvalue weighted by atomic mass is 10.1. The van der Waals surface area contributed by atoms with Gasteiger partial charge in [0.15, 0.2) is 4.34 Å². The van der Waals surface area contributed by atoms with Crippen LogP contribution >= 0.6 is 23.1 Å².